The van der Waals surface area contributed by atoms with Gasteiger partial charge in [0.1, 0.15) is 22.7 Å². The molecule has 154 valence electrons. The number of ether oxygens (including phenoxy) is 3. The van der Waals surface area contributed by atoms with E-state index in [4.69, 9.17) is 23.2 Å². The van der Waals surface area contributed by atoms with Crippen LogP contribution in [-0.4, -0.2) is 37.4 Å². The van der Waals surface area contributed by atoms with E-state index in [1.54, 1.807) is 19.1 Å². The summed E-state index contributed by atoms with van der Waals surface area (Å²) in [7, 11) is 1.50. The topological polar surface area (TPSA) is 113 Å². The largest absolute Gasteiger partial charge is 0.495 e. The second-order valence-electron chi connectivity index (χ2n) is 6.42. The van der Waals surface area contributed by atoms with Crippen molar-refractivity contribution < 1.29 is 32.7 Å². The molecular formula is C21H18N2O7. The van der Waals surface area contributed by atoms with E-state index in [0.717, 1.165) is 16.4 Å². The van der Waals surface area contributed by atoms with Gasteiger partial charge in [0.05, 0.1) is 12.8 Å². The highest BCUT2D eigenvalue weighted by Gasteiger charge is 2.15. The van der Waals surface area contributed by atoms with E-state index < -0.39 is 25.1 Å². The molecule has 0 radical (unpaired) electrons. The first-order chi connectivity index (χ1) is 14.5. The van der Waals surface area contributed by atoms with Gasteiger partial charge in [-0.15, -0.1) is 0 Å². The highest BCUT2D eigenvalue weighted by atomic mass is 16.6. The Morgan fingerprint density at radius 2 is 1.90 bits per heavy atom. The van der Waals surface area contributed by atoms with Crippen LogP contribution in [0.5, 0.6) is 11.6 Å². The van der Waals surface area contributed by atoms with Crippen molar-refractivity contribution in [2.24, 2.45) is 0 Å². The second kappa shape index (κ2) is 8.16. The number of esters is 1. The number of amides is 1. The Bertz CT molecular complexity index is 1220. The number of anilines is 1. The van der Waals surface area contributed by atoms with Crippen molar-refractivity contribution in [1.82, 2.24) is 5.16 Å². The number of carbonyl (C=O) groups is 2. The van der Waals surface area contributed by atoms with Gasteiger partial charge in [0.15, 0.2) is 13.2 Å². The Morgan fingerprint density at radius 1 is 1.07 bits per heavy atom. The number of hydrogen-bond donors (Lipinski definition) is 1. The van der Waals surface area contributed by atoms with E-state index >= 15 is 0 Å². The van der Waals surface area contributed by atoms with Crippen molar-refractivity contribution in [3.8, 4) is 11.6 Å². The third-order valence-corrected chi connectivity index (χ3v) is 4.28. The molecule has 0 saturated carbocycles. The van der Waals surface area contributed by atoms with E-state index in [0.29, 0.717) is 22.8 Å². The molecule has 1 N–H and O–H groups in total. The number of rotatable bonds is 7. The monoisotopic (exact) mass is 410 g/mol. The lowest BCUT2D eigenvalue weighted by molar-refractivity contribution is -0.149. The van der Waals surface area contributed by atoms with Crippen LogP contribution in [0.2, 0.25) is 0 Å². The van der Waals surface area contributed by atoms with Gasteiger partial charge in [-0.05, 0) is 24.2 Å². The van der Waals surface area contributed by atoms with Crippen LogP contribution in [0.25, 0.3) is 21.9 Å². The van der Waals surface area contributed by atoms with Gasteiger partial charge in [-0.1, -0.05) is 18.2 Å². The fourth-order valence-electron chi connectivity index (χ4n) is 2.94. The van der Waals surface area contributed by atoms with Crippen LogP contribution in [0.15, 0.2) is 51.4 Å². The fourth-order valence-corrected chi connectivity index (χ4v) is 2.94. The molecule has 4 aromatic rings. The third-order valence-electron chi connectivity index (χ3n) is 4.28. The lowest BCUT2D eigenvalue weighted by atomic mass is 10.1. The maximum Gasteiger partial charge on any atom is 0.344 e. The van der Waals surface area contributed by atoms with Crippen LogP contribution in [0.1, 0.15) is 5.76 Å². The smallest absolute Gasteiger partial charge is 0.344 e. The van der Waals surface area contributed by atoms with Crippen LogP contribution in [-0.2, 0) is 14.3 Å². The van der Waals surface area contributed by atoms with E-state index in [-0.39, 0.29) is 5.88 Å². The SMILES string of the molecule is COc1cc2c(cc1NC(=O)COC(=O)COc1cc(C)on1)oc1ccccc12. The number of fused-ring (bicyclic) bond motifs is 3. The molecule has 0 aliphatic rings. The molecule has 0 atom stereocenters. The minimum Gasteiger partial charge on any atom is -0.495 e. The summed E-state index contributed by atoms with van der Waals surface area (Å²) in [5, 5.41) is 8.06. The van der Waals surface area contributed by atoms with Crippen molar-refractivity contribution in [3.63, 3.8) is 0 Å². The Kier molecular flexibility index (Phi) is 5.25. The number of furan rings is 1. The van der Waals surface area contributed by atoms with E-state index in [9.17, 15) is 9.59 Å². The quantitative estimate of drug-likeness (QED) is 0.461. The summed E-state index contributed by atoms with van der Waals surface area (Å²) >= 11 is 0. The maximum atomic E-state index is 12.2. The molecule has 2 aromatic carbocycles. The van der Waals surface area contributed by atoms with Crippen LogP contribution >= 0.6 is 0 Å². The Morgan fingerprint density at radius 3 is 2.67 bits per heavy atom. The number of hydrogen-bond acceptors (Lipinski definition) is 8. The molecule has 2 heterocycles. The van der Waals surface area contributed by atoms with Crippen molar-refractivity contribution in [2.45, 2.75) is 6.92 Å². The summed E-state index contributed by atoms with van der Waals surface area (Å²) in [4.78, 5) is 24.0. The molecule has 2 aromatic heterocycles. The van der Waals surface area contributed by atoms with Gasteiger partial charge < -0.3 is 28.5 Å². The summed E-state index contributed by atoms with van der Waals surface area (Å²) < 4.78 is 26.1. The predicted octanol–water partition coefficient (Wildman–Crippen LogP) is 3.45. The van der Waals surface area contributed by atoms with Gasteiger partial charge in [0.2, 0.25) is 0 Å². The lowest BCUT2D eigenvalue weighted by Crippen LogP contribution is -2.23. The average Bonchev–Trinajstić information content (AvgIpc) is 3.32. The summed E-state index contributed by atoms with van der Waals surface area (Å²) in [6.07, 6.45) is 0. The minimum absolute atomic E-state index is 0.165. The number of methoxy groups -OCH3 is 1. The molecule has 0 aliphatic carbocycles. The number of aromatic nitrogens is 1. The number of nitrogens with one attached hydrogen (secondary N) is 1. The van der Waals surface area contributed by atoms with Gasteiger partial charge in [-0.3, -0.25) is 4.79 Å². The summed E-state index contributed by atoms with van der Waals surface area (Å²) in [5.41, 5.74) is 1.73. The van der Waals surface area contributed by atoms with E-state index in [1.165, 1.54) is 13.2 Å². The first kappa shape index (κ1) is 19.3. The molecule has 1 amide bonds. The summed E-state index contributed by atoms with van der Waals surface area (Å²) in [6.45, 7) is 0.814. The highest BCUT2D eigenvalue weighted by Crippen LogP contribution is 2.36. The summed E-state index contributed by atoms with van der Waals surface area (Å²) in [6, 6.07) is 12.6. The zero-order valence-corrected chi connectivity index (χ0v) is 16.3. The Balaban J connectivity index is 1.39. The molecule has 0 aliphatic heterocycles. The Labute approximate surface area is 170 Å². The molecular weight excluding hydrogens is 392 g/mol. The summed E-state index contributed by atoms with van der Waals surface area (Å²) in [5.74, 6) is -0.0794. The van der Waals surface area contributed by atoms with Crippen LogP contribution in [0.3, 0.4) is 0 Å². The molecule has 0 spiro atoms. The average molecular weight is 410 g/mol. The molecule has 0 unspecified atom stereocenters. The third kappa shape index (κ3) is 4.04. The lowest BCUT2D eigenvalue weighted by Gasteiger charge is -2.10. The zero-order chi connectivity index (χ0) is 21.1. The number of para-hydroxylation sites is 1. The number of nitrogens with zero attached hydrogens (tertiary/aromatic N) is 1. The molecule has 30 heavy (non-hydrogen) atoms. The van der Waals surface area contributed by atoms with Crippen molar-refractivity contribution in [2.75, 3.05) is 25.6 Å². The van der Waals surface area contributed by atoms with Gasteiger partial charge in [-0.25, -0.2) is 4.79 Å². The standard InChI is InChI=1S/C21H18N2O7/c1-12-7-20(23-30-12)27-11-21(25)28-10-19(24)22-15-9-17-14(8-18(15)26-2)13-5-3-4-6-16(13)29-17/h3-9H,10-11H2,1-2H3,(H,22,24). The number of aryl methyl sites for hydroxylation is 1. The fraction of sp³-hybridized carbons (Fsp3) is 0.190. The van der Waals surface area contributed by atoms with Crippen LogP contribution < -0.4 is 14.8 Å². The number of carbonyl (C=O) groups excluding carboxylic acids is 2. The van der Waals surface area contributed by atoms with Gasteiger partial charge in [0, 0.05) is 22.9 Å². The zero-order valence-electron chi connectivity index (χ0n) is 16.3. The molecule has 9 nitrogen and oxygen atoms in total. The molecule has 0 fully saturated rings. The van der Waals surface area contributed by atoms with Gasteiger partial charge in [0.25, 0.3) is 11.8 Å². The molecule has 0 bridgehead atoms. The normalized spacial score (nSPS) is 10.9. The van der Waals surface area contributed by atoms with Crippen molar-refractivity contribution >= 4 is 39.5 Å². The predicted molar refractivity (Wildman–Crippen MR) is 107 cm³/mol. The second-order valence-corrected chi connectivity index (χ2v) is 6.42. The van der Waals surface area contributed by atoms with E-state index in [2.05, 4.69) is 10.5 Å². The number of benzene rings is 2. The van der Waals surface area contributed by atoms with Crippen LogP contribution in [0.4, 0.5) is 5.69 Å². The molecule has 4 rings (SSSR count). The molecule has 0 saturated heterocycles. The first-order valence-electron chi connectivity index (χ1n) is 9.04. The highest BCUT2D eigenvalue weighted by molar-refractivity contribution is 6.07. The van der Waals surface area contributed by atoms with Gasteiger partial charge in [-0.2, -0.15) is 0 Å². The maximum absolute atomic E-state index is 12.2. The minimum atomic E-state index is -0.717. The van der Waals surface area contributed by atoms with Crippen molar-refractivity contribution in [3.05, 3.63) is 48.2 Å². The molecule has 9 heteroatoms. The van der Waals surface area contributed by atoms with Crippen molar-refractivity contribution in [1.29, 1.82) is 0 Å². The first-order valence-corrected chi connectivity index (χ1v) is 9.04. The van der Waals surface area contributed by atoms with Crippen LogP contribution in [0, 0.1) is 6.92 Å². The van der Waals surface area contributed by atoms with E-state index in [1.807, 2.05) is 24.3 Å². The van der Waals surface area contributed by atoms with Gasteiger partial charge >= 0.3 is 5.97 Å². The Hall–Kier alpha value is -4.01.